The first-order valence-electron chi connectivity index (χ1n) is 13.9. The lowest BCUT2D eigenvalue weighted by Crippen LogP contribution is -2.53. The summed E-state index contributed by atoms with van der Waals surface area (Å²) in [7, 11) is -4.27. The number of anilines is 3. The second-order valence-corrected chi connectivity index (χ2v) is 13.7. The van der Waals surface area contributed by atoms with Crippen LogP contribution in [0.15, 0.2) is 83.1 Å². The molecule has 3 N–H and O–H groups in total. The molecule has 0 saturated carbocycles. The minimum absolute atomic E-state index is 0.0444. The van der Waals surface area contributed by atoms with Crippen molar-refractivity contribution < 1.29 is 22.8 Å². The quantitative estimate of drug-likeness (QED) is 0.210. The Labute approximate surface area is 265 Å². The smallest absolute Gasteiger partial charge is 0.265 e. The van der Waals surface area contributed by atoms with Gasteiger partial charge in [-0.2, -0.15) is 0 Å². The Morgan fingerprint density at radius 1 is 0.977 bits per heavy atom. The van der Waals surface area contributed by atoms with Gasteiger partial charge in [0, 0.05) is 22.1 Å². The maximum atomic E-state index is 14.2. The minimum atomic E-state index is -4.27. The highest BCUT2D eigenvalue weighted by Gasteiger charge is 2.43. The Balaban J connectivity index is 1.25. The molecule has 0 fully saturated rings. The van der Waals surface area contributed by atoms with E-state index in [1.165, 1.54) is 11.3 Å². The molecule has 1 aliphatic heterocycles. The number of carbonyl (C=O) groups is 3. The van der Waals surface area contributed by atoms with E-state index in [0.717, 1.165) is 14.7 Å². The zero-order valence-electron chi connectivity index (χ0n) is 24.1. The van der Waals surface area contributed by atoms with E-state index in [0.29, 0.717) is 40.4 Å². The van der Waals surface area contributed by atoms with E-state index in [1.54, 1.807) is 62.4 Å². The van der Waals surface area contributed by atoms with Gasteiger partial charge in [-0.15, -0.1) is 11.3 Å². The van der Waals surface area contributed by atoms with E-state index in [9.17, 15) is 22.8 Å². The number of sulfonamides is 1. The topological polar surface area (TPSA) is 125 Å². The lowest BCUT2D eigenvalue weighted by molar-refractivity contribution is -0.125. The molecule has 0 aliphatic carbocycles. The molecule has 9 nitrogen and oxygen atoms in total. The van der Waals surface area contributed by atoms with Gasteiger partial charge in [0.2, 0.25) is 17.7 Å². The van der Waals surface area contributed by atoms with E-state index in [2.05, 4.69) is 16.0 Å². The second kappa shape index (κ2) is 13.2. The third-order valence-electron chi connectivity index (χ3n) is 7.19. The van der Waals surface area contributed by atoms with Gasteiger partial charge in [0.15, 0.2) is 0 Å². The van der Waals surface area contributed by atoms with Crippen molar-refractivity contribution in [2.45, 2.75) is 44.0 Å². The van der Waals surface area contributed by atoms with Crippen LogP contribution in [0.2, 0.25) is 5.02 Å². The number of rotatable bonds is 10. The molecule has 0 radical (unpaired) electrons. The molecule has 5 rings (SSSR count). The highest BCUT2D eigenvalue weighted by molar-refractivity contribution is 7.93. The van der Waals surface area contributed by atoms with Crippen molar-refractivity contribution in [1.29, 1.82) is 0 Å². The van der Waals surface area contributed by atoms with Crippen LogP contribution >= 0.6 is 22.9 Å². The molecule has 0 spiro atoms. The number of carbonyl (C=O) groups excluding carboxylic acids is 3. The number of thiophene rings is 1. The first-order valence-corrected chi connectivity index (χ1v) is 16.6. The summed E-state index contributed by atoms with van der Waals surface area (Å²) in [5.74, 6) is -1.16. The first-order chi connectivity index (χ1) is 21.0. The van der Waals surface area contributed by atoms with Gasteiger partial charge in [-0.05, 0) is 84.8 Å². The molecule has 3 aromatic carbocycles. The van der Waals surface area contributed by atoms with Crippen molar-refractivity contribution in [2.75, 3.05) is 21.5 Å². The van der Waals surface area contributed by atoms with Crippen LogP contribution in [0, 0.1) is 13.8 Å². The van der Waals surface area contributed by atoms with Gasteiger partial charge >= 0.3 is 0 Å². The van der Waals surface area contributed by atoms with Gasteiger partial charge in [-0.25, -0.2) is 8.42 Å². The fourth-order valence-electron chi connectivity index (χ4n) is 5.26. The number of nitrogens with zero attached hydrogens (tertiary/aromatic N) is 1. The number of para-hydroxylation sites is 2. The average molecular weight is 651 g/mol. The fraction of sp³-hybridized carbons (Fsp3) is 0.219. The minimum Gasteiger partial charge on any atom is -0.356 e. The Morgan fingerprint density at radius 2 is 1.68 bits per heavy atom. The third kappa shape index (κ3) is 6.96. The molecule has 228 valence electrons. The van der Waals surface area contributed by atoms with Gasteiger partial charge in [0.1, 0.15) is 6.04 Å². The fourth-order valence-corrected chi connectivity index (χ4v) is 8.35. The zero-order valence-corrected chi connectivity index (χ0v) is 26.5. The van der Waals surface area contributed by atoms with Crippen LogP contribution in [0.4, 0.5) is 17.1 Å². The first kappa shape index (κ1) is 31.2. The summed E-state index contributed by atoms with van der Waals surface area (Å²) in [6.45, 7) is 3.57. The van der Waals surface area contributed by atoms with Crippen molar-refractivity contribution in [3.8, 4) is 0 Å². The summed E-state index contributed by atoms with van der Waals surface area (Å²) in [6, 6.07) is 19.6. The maximum absolute atomic E-state index is 14.2. The molecule has 2 heterocycles. The number of benzene rings is 3. The van der Waals surface area contributed by atoms with Crippen molar-refractivity contribution in [1.82, 2.24) is 5.32 Å². The monoisotopic (exact) mass is 650 g/mol. The summed E-state index contributed by atoms with van der Waals surface area (Å²) < 4.78 is 29.4. The predicted octanol–water partition coefficient (Wildman–Crippen LogP) is 5.46. The molecule has 1 atom stereocenters. The van der Waals surface area contributed by atoms with Gasteiger partial charge in [0.25, 0.3) is 10.0 Å². The van der Waals surface area contributed by atoms with Crippen LogP contribution < -0.4 is 20.3 Å². The Bertz CT molecular complexity index is 1790. The van der Waals surface area contributed by atoms with Crippen LogP contribution in [-0.2, 0) is 37.2 Å². The highest BCUT2D eigenvalue weighted by atomic mass is 35.5. The van der Waals surface area contributed by atoms with Crippen LogP contribution in [-0.4, -0.2) is 38.7 Å². The van der Waals surface area contributed by atoms with Crippen molar-refractivity contribution in [3.05, 3.63) is 105 Å². The molecule has 1 aromatic heterocycles. The Kier molecular flexibility index (Phi) is 9.38. The SMILES string of the molecule is Cc1cc(Cl)cc(C)c1S(=O)(=O)N1c2ccccc2NC(=O)C1CC(=O)NCCc1ccc(NC(=O)Cc2cccs2)cc1. The summed E-state index contributed by atoms with van der Waals surface area (Å²) in [5.41, 5.74) is 3.11. The van der Waals surface area contributed by atoms with E-state index < -0.39 is 27.9 Å². The number of amides is 3. The molecule has 0 bridgehead atoms. The zero-order chi connectivity index (χ0) is 31.4. The standard InChI is InChI=1S/C32H31ClN4O5S2/c1-20-16-23(33)17-21(2)31(20)44(41,42)37-27-8-4-3-7-26(27)36-32(40)28(37)19-29(38)34-14-13-22-9-11-24(12-10-22)35-30(39)18-25-6-5-15-43-25/h3-12,15-17,28H,13-14,18-19H2,1-2H3,(H,34,38)(H,35,39)(H,36,40). The van der Waals surface area contributed by atoms with Gasteiger partial charge in [0.05, 0.1) is 29.1 Å². The Hall–Kier alpha value is -4.19. The van der Waals surface area contributed by atoms with Crippen LogP contribution in [0.25, 0.3) is 0 Å². The van der Waals surface area contributed by atoms with Gasteiger partial charge in [-0.1, -0.05) is 41.9 Å². The van der Waals surface area contributed by atoms with Crippen LogP contribution in [0.1, 0.15) is 28.0 Å². The van der Waals surface area contributed by atoms with E-state index in [1.807, 2.05) is 29.6 Å². The normalized spacial score (nSPS) is 14.5. The Morgan fingerprint density at radius 3 is 2.36 bits per heavy atom. The van der Waals surface area contributed by atoms with Crippen molar-refractivity contribution in [2.24, 2.45) is 0 Å². The van der Waals surface area contributed by atoms with E-state index in [-0.39, 0.29) is 29.5 Å². The molecule has 1 unspecified atom stereocenters. The maximum Gasteiger partial charge on any atom is 0.265 e. The van der Waals surface area contributed by atoms with E-state index in [4.69, 9.17) is 11.6 Å². The molecule has 0 saturated heterocycles. The number of halogens is 1. The van der Waals surface area contributed by atoms with Crippen molar-refractivity contribution >= 4 is 67.7 Å². The summed E-state index contributed by atoms with van der Waals surface area (Å²) in [4.78, 5) is 39.6. The highest BCUT2D eigenvalue weighted by Crippen LogP contribution is 2.39. The van der Waals surface area contributed by atoms with Crippen LogP contribution in [0.3, 0.4) is 0 Å². The predicted molar refractivity (Wildman–Crippen MR) is 174 cm³/mol. The van der Waals surface area contributed by atoms with Gasteiger partial charge in [-0.3, -0.25) is 18.7 Å². The number of aryl methyl sites for hydroxylation is 2. The summed E-state index contributed by atoms with van der Waals surface area (Å²) in [5, 5.41) is 10.8. The largest absolute Gasteiger partial charge is 0.356 e. The van der Waals surface area contributed by atoms with Gasteiger partial charge < -0.3 is 16.0 Å². The molecular formula is C32H31ClN4O5S2. The molecular weight excluding hydrogens is 620 g/mol. The number of nitrogens with one attached hydrogen (secondary N) is 3. The van der Waals surface area contributed by atoms with Crippen LogP contribution in [0.5, 0.6) is 0 Å². The molecule has 3 amide bonds. The summed E-state index contributed by atoms with van der Waals surface area (Å²) >= 11 is 7.69. The number of fused-ring (bicyclic) bond motifs is 1. The van der Waals surface area contributed by atoms with Crippen molar-refractivity contribution in [3.63, 3.8) is 0 Å². The lowest BCUT2D eigenvalue weighted by atomic mass is 10.1. The summed E-state index contributed by atoms with van der Waals surface area (Å²) in [6.07, 6.45) is 0.439. The molecule has 12 heteroatoms. The lowest BCUT2D eigenvalue weighted by Gasteiger charge is -2.37. The third-order valence-corrected chi connectivity index (χ3v) is 10.4. The number of hydrogen-bond donors (Lipinski definition) is 3. The molecule has 1 aliphatic rings. The average Bonchev–Trinajstić information content (AvgIpc) is 3.46. The molecule has 44 heavy (non-hydrogen) atoms. The van der Waals surface area contributed by atoms with E-state index >= 15 is 0 Å². The second-order valence-electron chi connectivity index (χ2n) is 10.5. The molecule has 4 aromatic rings. The number of hydrogen-bond acceptors (Lipinski definition) is 6.